The number of ether oxygens (including phenoxy) is 1. The van der Waals surface area contributed by atoms with Crippen molar-refractivity contribution in [2.45, 2.75) is 19.8 Å². The second-order valence-electron chi connectivity index (χ2n) is 5.68. The molecule has 25 heavy (non-hydrogen) atoms. The highest BCUT2D eigenvalue weighted by Crippen LogP contribution is 2.22. The molecule has 0 bridgehead atoms. The molecule has 1 aromatic carbocycles. The predicted octanol–water partition coefficient (Wildman–Crippen LogP) is 2.88. The van der Waals surface area contributed by atoms with Gasteiger partial charge in [-0.1, -0.05) is 6.92 Å². The summed E-state index contributed by atoms with van der Waals surface area (Å²) in [4.78, 5) is 26.9. The zero-order valence-electron chi connectivity index (χ0n) is 14.1. The number of benzene rings is 1. The van der Waals surface area contributed by atoms with Gasteiger partial charge in [-0.3, -0.25) is 9.59 Å². The van der Waals surface area contributed by atoms with E-state index >= 15 is 0 Å². The van der Waals surface area contributed by atoms with Crippen molar-refractivity contribution in [2.75, 3.05) is 6.61 Å². The number of H-pyrrole nitrogens is 2. The maximum Gasteiger partial charge on any atom is 0.264 e. The average Bonchev–Trinajstić information content (AvgIpc) is 3.12. The molecule has 2 heterocycles. The van der Waals surface area contributed by atoms with Crippen LogP contribution in [-0.2, 0) is 0 Å². The summed E-state index contributed by atoms with van der Waals surface area (Å²) in [6.07, 6.45) is 0. The molecule has 2 aromatic heterocycles. The van der Waals surface area contributed by atoms with Gasteiger partial charge in [0, 0.05) is 23.2 Å². The SMILES string of the molecule is CCOc1ccc(C(=O)c2ccc(C(C)c3ccc(=O)[nH]n3)[nH]2)cc1. The van der Waals surface area contributed by atoms with Crippen molar-refractivity contribution in [3.63, 3.8) is 0 Å². The van der Waals surface area contributed by atoms with Gasteiger partial charge in [0.1, 0.15) is 5.75 Å². The molecule has 3 rings (SSSR count). The van der Waals surface area contributed by atoms with Crippen molar-refractivity contribution in [3.05, 3.63) is 81.5 Å². The summed E-state index contributed by atoms with van der Waals surface area (Å²) >= 11 is 0. The van der Waals surface area contributed by atoms with Crippen LogP contribution in [0.2, 0.25) is 0 Å². The van der Waals surface area contributed by atoms with Crippen LogP contribution in [0.25, 0.3) is 0 Å². The maximum atomic E-state index is 12.6. The number of aromatic amines is 2. The third-order valence-electron chi connectivity index (χ3n) is 3.99. The number of nitrogens with one attached hydrogen (secondary N) is 2. The smallest absolute Gasteiger partial charge is 0.264 e. The van der Waals surface area contributed by atoms with Gasteiger partial charge in [0.2, 0.25) is 5.78 Å². The van der Waals surface area contributed by atoms with E-state index in [9.17, 15) is 9.59 Å². The zero-order chi connectivity index (χ0) is 17.8. The second-order valence-corrected chi connectivity index (χ2v) is 5.68. The van der Waals surface area contributed by atoms with E-state index in [1.165, 1.54) is 6.07 Å². The summed E-state index contributed by atoms with van der Waals surface area (Å²) in [7, 11) is 0. The highest BCUT2D eigenvalue weighted by molar-refractivity contribution is 6.07. The molecule has 0 aliphatic rings. The van der Waals surface area contributed by atoms with E-state index in [1.807, 2.05) is 19.9 Å². The fraction of sp³-hybridized carbons (Fsp3) is 0.211. The van der Waals surface area contributed by atoms with E-state index in [2.05, 4.69) is 15.2 Å². The lowest BCUT2D eigenvalue weighted by Crippen LogP contribution is -2.10. The largest absolute Gasteiger partial charge is 0.494 e. The number of aromatic nitrogens is 3. The van der Waals surface area contributed by atoms with Crippen LogP contribution in [0.15, 0.2) is 53.3 Å². The molecule has 6 nitrogen and oxygen atoms in total. The second kappa shape index (κ2) is 7.17. The minimum Gasteiger partial charge on any atom is -0.494 e. The van der Waals surface area contributed by atoms with Crippen molar-refractivity contribution in [1.29, 1.82) is 0 Å². The molecule has 6 heteroatoms. The predicted molar refractivity (Wildman–Crippen MR) is 94.2 cm³/mol. The number of rotatable bonds is 6. The van der Waals surface area contributed by atoms with Gasteiger partial charge in [0.25, 0.3) is 5.56 Å². The first-order valence-corrected chi connectivity index (χ1v) is 8.10. The summed E-state index contributed by atoms with van der Waals surface area (Å²) in [5.74, 6) is 0.582. The van der Waals surface area contributed by atoms with Crippen LogP contribution in [0.3, 0.4) is 0 Å². The maximum absolute atomic E-state index is 12.6. The van der Waals surface area contributed by atoms with Crippen LogP contribution in [-0.4, -0.2) is 27.6 Å². The van der Waals surface area contributed by atoms with Gasteiger partial charge in [-0.25, -0.2) is 5.10 Å². The normalized spacial score (nSPS) is 11.9. The van der Waals surface area contributed by atoms with Crippen molar-refractivity contribution >= 4 is 5.78 Å². The Morgan fingerprint density at radius 1 is 1.12 bits per heavy atom. The molecule has 0 fully saturated rings. The van der Waals surface area contributed by atoms with Crippen LogP contribution in [0.1, 0.15) is 47.2 Å². The monoisotopic (exact) mass is 337 g/mol. The van der Waals surface area contributed by atoms with Gasteiger partial charge in [0.15, 0.2) is 0 Å². The summed E-state index contributed by atoms with van der Waals surface area (Å²) in [6.45, 7) is 4.46. The van der Waals surface area contributed by atoms with Gasteiger partial charge in [0.05, 0.1) is 18.0 Å². The number of hydrogen-bond acceptors (Lipinski definition) is 4. The van der Waals surface area contributed by atoms with E-state index in [0.717, 1.165) is 17.1 Å². The first-order chi connectivity index (χ1) is 12.1. The molecule has 0 saturated carbocycles. The van der Waals surface area contributed by atoms with Gasteiger partial charge >= 0.3 is 0 Å². The Labute approximate surface area is 144 Å². The molecule has 0 aliphatic heterocycles. The highest BCUT2D eigenvalue weighted by Gasteiger charge is 2.16. The van der Waals surface area contributed by atoms with E-state index in [-0.39, 0.29) is 17.3 Å². The first-order valence-electron chi connectivity index (χ1n) is 8.10. The quantitative estimate of drug-likeness (QED) is 0.677. The van der Waals surface area contributed by atoms with Crippen LogP contribution in [0.4, 0.5) is 0 Å². The number of nitrogens with zero attached hydrogens (tertiary/aromatic N) is 1. The van der Waals surface area contributed by atoms with E-state index in [0.29, 0.717) is 17.9 Å². The molecule has 0 spiro atoms. The highest BCUT2D eigenvalue weighted by atomic mass is 16.5. The zero-order valence-corrected chi connectivity index (χ0v) is 14.1. The van der Waals surface area contributed by atoms with Crippen molar-refractivity contribution in [3.8, 4) is 5.75 Å². The minimum atomic E-state index is -0.242. The average molecular weight is 337 g/mol. The third-order valence-corrected chi connectivity index (χ3v) is 3.99. The van der Waals surface area contributed by atoms with Gasteiger partial charge in [-0.05, 0) is 49.4 Å². The topological polar surface area (TPSA) is 87.8 Å². The Morgan fingerprint density at radius 3 is 2.52 bits per heavy atom. The summed E-state index contributed by atoms with van der Waals surface area (Å²) in [5, 5.41) is 6.46. The summed E-state index contributed by atoms with van der Waals surface area (Å²) < 4.78 is 5.39. The molecule has 128 valence electrons. The molecule has 2 N–H and O–H groups in total. The van der Waals surface area contributed by atoms with Crippen LogP contribution >= 0.6 is 0 Å². The van der Waals surface area contributed by atoms with E-state index in [4.69, 9.17) is 4.74 Å². The summed E-state index contributed by atoms with van der Waals surface area (Å²) in [6, 6.07) is 13.8. The van der Waals surface area contributed by atoms with Crippen molar-refractivity contribution in [2.24, 2.45) is 0 Å². The fourth-order valence-electron chi connectivity index (χ4n) is 2.58. The number of hydrogen-bond donors (Lipinski definition) is 2. The van der Waals surface area contributed by atoms with Crippen molar-refractivity contribution < 1.29 is 9.53 Å². The molecular weight excluding hydrogens is 318 g/mol. The minimum absolute atomic E-state index is 0.0706. The molecule has 0 saturated heterocycles. The number of carbonyl (C=O) groups is 1. The Hall–Kier alpha value is -3.15. The standard InChI is InChI=1S/C19H19N3O3/c1-3-25-14-6-4-13(5-7-14)19(24)17-9-8-15(20-17)12(2)16-10-11-18(23)22-21-16/h4-12,20H,3H2,1-2H3,(H,22,23). The summed E-state index contributed by atoms with van der Waals surface area (Å²) in [5.41, 5.74) is 2.44. The lowest BCUT2D eigenvalue weighted by molar-refractivity contribution is 0.103. The van der Waals surface area contributed by atoms with E-state index in [1.54, 1.807) is 36.4 Å². The van der Waals surface area contributed by atoms with Crippen molar-refractivity contribution in [1.82, 2.24) is 15.2 Å². The van der Waals surface area contributed by atoms with Crippen LogP contribution in [0.5, 0.6) is 5.75 Å². The first kappa shape index (κ1) is 16.7. The molecular formula is C19H19N3O3. The van der Waals surface area contributed by atoms with Crippen LogP contribution < -0.4 is 10.3 Å². The van der Waals surface area contributed by atoms with Gasteiger partial charge < -0.3 is 9.72 Å². The Morgan fingerprint density at radius 2 is 1.88 bits per heavy atom. The van der Waals surface area contributed by atoms with Crippen LogP contribution in [0, 0.1) is 0 Å². The molecule has 1 atom stereocenters. The van der Waals surface area contributed by atoms with Gasteiger partial charge in [-0.2, -0.15) is 5.10 Å². The Bertz CT molecular complexity index is 905. The Balaban J connectivity index is 1.79. The fourth-order valence-corrected chi connectivity index (χ4v) is 2.58. The Kier molecular flexibility index (Phi) is 4.79. The molecule has 3 aromatic rings. The number of ketones is 1. The number of carbonyl (C=O) groups excluding carboxylic acids is 1. The van der Waals surface area contributed by atoms with E-state index < -0.39 is 0 Å². The molecule has 1 unspecified atom stereocenters. The lowest BCUT2D eigenvalue weighted by atomic mass is 10.0. The van der Waals surface area contributed by atoms with Gasteiger partial charge in [-0.15, -0.1) is 0 Å². The molecule has 0 amide bonds. The molecule has 0 radical (unpaired) electrons. The third kappa shape index (κ3) is 3.68. The molecule has 0 aliphatic carbocycles. The lowest BCUT2D eigenvalue weighted by Gasteiger charge is -2.08.